The van der Waals surface area contributed by atoms with E-state index in [1.165, 1.54) is 15.3 Å². The van der Waals surface area contributed by atoms with E-state index in [1.54, 1.807) is 23.5 Å². The molecule has 28 heavy (non-hydrogen) atoms. The highest BCUT2D eigenvalue weighted by molar-refractivity contribution is 7.18. The molecule has 0 bridgehead atoms. The molecule has 0 atom stereocenters. The summed E-state index contributed by atoms with van der Waals surface area (Å²) in [6, 6.07) is 15.7. The number of rotatable bonds is 6. The quantitative estimate of drug-likeness (QED) is 0.590. The Morgan fingerprint density at radius 1 is 1.07 bits per heavy atom. The lowest BCUT2D eigenvalue weighted by atomic mass is 9.89. The van der Waals surface area contributed by atoms with Crippen LogP contribution in [-0.2, 0) is 11.2 Å². The number of piperidine rings is 1. The van der Waals surface area contributed by atoms with Crippen LogP contribution in [0.4, 0.5) is 0 Å². The van der Waals surface area contributed by atoms with Gasteiger partial charge in [0.25, 0.3) is 0 Å². The summed E-state index contributed by atoms with van der Waals surface area (Å²) < 4.78 is 1.24. The van der Waals surface area contributed by atoms with Gasteiger partial charge in [-0.3, -0.25) is 4.79 Å². The second-order valence-corrected chi connectivity index (χ2v) is 8.64. The van der Waals surface area contributed by atoms with Crippen LogP contribution in [0.5, 0.6) is 5.75 Å². The summed E-state index contributed by atoms with van der Waals surface area (Å²) >= 11 is 1.76. The fourth-order valence-electron chi connectivity index (χ4n) is 3.95. The number of carbonyl (C=O) groups is 1. The predicted octanol–water partition coefficient (Wildman–Crippen LogP) is 5.12. The van der Waals surface area contributed by atoms with Crippen molar-refractivity contribution in [3.05, 3.63) is 59.1 Å². The Hall–Kier alpha value is -2.40. The van der Waals surface area contributed by atoms with Gasteiger partial charge in [-0.15, -0.1) is 11.3 Å². The largest absolute Gasteiger partial charge is 0.508 e. The standard InChI is InChI=1S/C23H26N2O2S/c26-19-11-9-17(10-12-19)18-13-15-25(16-14-18)23(27)8-4-3-7-22-24-20-5-1-2-6-21(20)28-22/h1-2,5-6,9-12,18,26H,3-4,7-8,13-16H2. The Bertz CT molecular complexity index is 894. The SMILES string of the molecule is O=C(CCCCc1nc2ccccc2s1)N1CCC(c2ccc(O)cc2)CC1. The van der Waals surface area contributed by atoms with Crippen LogP contribution in [-0.4, -0.2) is 34.0 Å². The van der Waals surface area contributed by atoms with Crippen molar-refractivity contribution in [2.24, 2.45) is 0 Å². The molecule has 0 radical (unpaired) electrons. The zero-order valence-electron chi connectivity index (χ0n) is 16.0. The van der Waals surface area contributed by atoms with Crippen LogP contribution >= 0.6 is 11.3 Å². The number of benzene rings is 2. The summed E-state index contributed by atoms with van der Waals surface area (Å²) in [5.74, 6) is 1.08. The summed E-state index contributed by atoms with van der Waals surface area (Å²) in [4.78, 5) is 19.2. The summed E-state index contributed by atoms with van der Waals surface area (Å²) in [5, 5.41) is 10.6. The number of carbonyl (C=O) groups excluding carboxylic acids is 1. The zero-order valence-corrected chi connectivity index (χ0v) is 16.8. The normalized spacial score (nSPS) is 15.2. The molecular weight excluding hydrogens is 368 g/mol. The molecule has 2 aromatic carbocycles. The molecule has 2 heterocycles. The van der Waals surface area contributed by atoms with Gasteiger partial charge < -0.3 is 10.0 Å². The molecule has 0 unspecified atom stereocenters. The Labute approximate surface area is 169 Å². The van der Waals surface area contributed by atoms with Gasteiger partial charge in [0.1, 0.15) is 5.75 Å². The number of likely N-dealkylation sites (tertiary alicyclic amines) is 1. The number of unbranched alkanes of at least 4 members (excludes halogenated alkanes) is 1. The predicted molar refractivity (Wildman–Crippen MR) is 114 cm³/mol. The molecule has 0 spiro atoms. The topological polar surface area (TPSA) is 53.4 Å². The molecule has 1 aliphatic rings. The molecule has 146 valence electrons. The van der Waals surface area contributed by atoms with Crippen molar-refractivity contribution in [2.75, 3.05) is 13.1 Å². The maximum absolute atomic E-state index is 12.5. The van der Waals surface area contributed by atoms with Crippen LogP contribution in [0.25, 0.3) is 10.2 Å². The smallest absolute Gasteiger partial charge is 0.222 e. The van der Waals surface area contributed by atoms with Crippen LogP contribution < -0.4 is 0 Å². The lowest BCUT2D eigenvalue weighted by Crippen LogP contribution is -2.37. The van der Waals surface area contributed by atoms with E-state index in [-0.39, 0.29) is 5.91 Å². The van der Waals surface area contributed by atoms with E-state index in [4.69, 9.17) is 0 Å². The van der Waals surface area contributed by atoms with Crippen LogP contribution in [0.2, 0.25) is 0 Å². The van der Waals surface area contributed by atoms with Crippen molar-refractivity contribution in [3.8, 4) is 5.75 Å². The second kappa shape index (κ2) is 8.74. The lowest BCUT2D eigenvalue weighted by molar-refractivity contribution is -0.132. The van der Waals surface area contributed by atoms with Crippen LogP contribution in [0, 0.1) is 0 Å². The number of fused-ring (bicyclic) bond motifs is 1. The highest BCUT2D eigenvalue weighted by atomic mass is 32.1. The first kappa shape index (κ1) is 18.9. The number of aromatic hydroxyl groups is 1. The fourth-order valence-corrected chi connectivity index (χ4v) is 4.96. The van der Waals surface area contributed by atoms with Crippen molar-refractivity contribution in [1.82, 2.24) is 9.88 Å². The molecule has 1 aliphatic heterocycles. The number of aromatic nitrogens is 1. The number of aryl methyl sites for hydroxylation is 1. The van der Waals surface area contributed by atoms with E-state index in [0.717, 1.165) is 50.7 Å². The summed E-state index contributed by atoms with van der Waals surface area (Å²) in [6.07, 6.45) is 5.52. The van der Waals surface area contributed by atoms with Gasteiger partial charge in [-0.2, -0.15) is 0 Å². The number of hydrogen-bond acceptors (Lipinski definition) is 4. The monoisotopic (exact) mass is 394 g/mol. The Morgan fingerprint density at radius 2 is 1.82 bits per heavy atom. The Kier molecular flexibility index (Phi) is 5.91. The van der Waals surface area contributed by atoms with E-state index in [9.17, 15) is 9.90 Å². The number of phenolic OH excluding ortho intramolecular Hbond substituents is 1. The van der Waals surface area contributed by atoms with Gasteiger partial charge in [-0.25, -0.2) is 4.98 Å². The first-order valence-corrected chi connectivity index (χ1v) is 10.9. The van der Waals surface area contributed by atoms with Gasteiger partial charge in [0.05, 0.1) is 15.2 Å². The van der Waals surface area contributed by atoms with Gasteiger partial charge in [0.15, 0.2) is 0 Å². The highest BCUT2D eigenvalue weighted by Gasteiger charge is 2.23. The molecule has 0 aliphatic carbocycles. The third kappa shape index (κ3) is 4.53. The van der Waals surface area contributed by atoms with Crippen LogP contribution in [0.15, 0.2) is 48.5 Å². The number of nitrogens with zero attached hydrogens (tertiary/aromatic N) is 2. The maximum Gasteiger partial charge on any atom is 0.222 e. The molecule has 0 saturated carbocycles. The molecule has 4 nitrogen and oxygen atoms in total. The van der Waals surface area contributed by atoms with E-state index < -0.39 is 0 Å². The van der Waals surface area contributed by atoms with Crippen molar-refractivity contribution < 1.29 is 9.90 Å². The van der Waals surface area contributed by atoms with Crippen LogP contribution in [0.1, 0.15) is 48.6 Å². The zero-order chi connectivity index (χ0) is 19.3. The van der Waals surface area contributed by atoms with Crippen molar-refractivity contribution >= 4 is 27.5 Å². The Morgan fingerprint density at radius 3 is 2.57 bits per heavy atom. The minimum atomic E-state index is 0.286. The molecule has 4 rings (SSSR count). The average molecular weight is 395 g/mol. The summed E-state index contributed by atoms with van der Waals surface area (Å²) in [6.45, 7) is 1.67. The maximum atomic E-state index is 12.5. The third-order valence-electron chi connectivity index (χ3n) is 5.58. The van der Waals surface area contributed by atoms with Gasteiger partial charge in [-0.1, -0.05) is 24.3 Å². The first-order chi connectivity index (χ1) is 13.7. The molecule has 1 saturated heterocycles. The average Bonchev–Trinajstić information content (AvgIpc) is 3.15. The number of thiazole rings is 1. The van der Waals surface area contributed by atoms with Gasteiger partial charge in [0, 0.05) is 19.5 Å². The minimum Gasteiger partial charge on any atom is -0.508 e. The van der Waals surface area contributed by atoms with Crippen molar-refractivity contribution in [2.45, 2.75) is 44.4 Å². The van der Waals surface area contributed by atoms with E-state index in [2.05, 4.69) is 17.1 Å². The van der Waals surface area contributed by atoms with Gasteiger partial charge in [0.2, 0.25) is 5.91 Å². The second-order valence-electron chi connectivity index (χ2n) is 7.53. The molecule has 1 aromatic heterocycles. The van der Waals surface area contributed by atoms with E-state index in [1.807, 2.05) is 29.2 Å². The Balaban J connectivity index is 1.19. The molecule has 5 heteroatoms. The van der Waals surface area contributed by atoms with Crippen LogP contribution in [0.3, 0.4) is 0 Å². The minimum absolute atomic E-state index is 0.286. The van der Waals surface area contributed by atoms with E-state index >= 15 is 0 Å². The number of para-hydroxylation sites is 1. The van der Waals surface area contributed by atoms with Crippen molar-refractivity contribution in [1.29, 1.82) is 0 Å². The lowest BCUT2D eigenvalue weighted by Gasteiger charge is -2.32. The summed E-state index contributed by atoms with van der Waals surface area (Å²) in [5.41, 5.74) is 2.34. The highest BCUT2D eigenvalue weighted by Crippen LogP contribution is 2.29. The van der Waals surface area contributed by atoms with Gasteiger partial charge in [-0.05, 0) is 67.9 Å². The number of hydrogen-bond donors (Lipinski definition) is 1. The van der Waals surface area contributed by atoms with E-state index in [0.29, 0.717) is 18.1 Å². The number of amides is 1. The first-order valence-electron chi connectivity index (χ1n) is 10.1. The van der Waals surface area contributed by atoms with Crippen molar-refractivity contribution in [3.63, 3.8) is 0 Å². The summed E-state index contributed by atoms with van der Waals surface area (Å²) in [7, 11) is 0. The van der Waals surface area contributed by atoms with Gasteiger partial charge >= 0.3 is 0 Å². The molecule has 1 amide bonds. The molecule has 1 fully saturated rings. The third-order valence-corrected chi connectivity index (χ3v) is 6.68. The molecular formula is C23H26N2O2S. The number of phenols is 1. The fraction of sp³-hybridized carbons (Fsp3) is 0.391. The molecule has 3 aromatic rings. The molecule has 1 N–H and O–H groups in total.